The van der Waals surface area contributed by atoms with Crippen molar-refractivity contribution in [3.63, 3.8) is 0 Å². The molecule has 1 saturated carbocycles. The van der Waals surface area contributed by atoms with E-state index in [0.717, 1.165) is 79.9 Å². The van der Waals surface area contributed by atoms with Gasteiger partial charge in [-0.2, -0.15) is 0 Å². The fourth-order valence-corrected chi connectivity index (χ4v) is 5.30. The molecule has 3 heterocycles. The quantitative estimate of drug-likeness (QED) is 0.447. The molecular formula is C28H39N5O3. The first-order chi connectivity index (χ1) is 17.2. The fraction of sp³-hybridized carbons (Fsp3) is 0.536. The molecule has 5 rings (SSSR count). The number of fused-ring (bicyclic) bond motifs is 1. The summed E-state index contributed by atoms with van der Waals surface area (Å²) >= 11 is 0. The van der Waals surface area contributed by atoms with Crippen LogP contribution >= 0.6 is 0 Å². The summed E-state index contributed by atoms with van der Waals surface area (Å²) < 4.78 is 8.15. The number of aryl methyl sites for hydroxylation is 1. The Morgan fingerprint density at radius 3 is 2.64 bits per heavy atom. The summed E-state index contributed by atoms with van der Waals surface area (Å²) in [6.07, 6.45) is 5.80. The molecule has 1 aliphatic heterocycles. The van der Waals surface area contributed by atoms with Crippen LogP contribution in [0.3, 0.4) is 0 Å². The van der Waals surface area contributed by atoms with E-state index in [1.165, 1.54) is 0 Å². The molecule has 1 aromatic carbocycles. The van der Waals surface area contributed by atoms with Crippen molar-refractivity contribution in [2.75, 3.05) is 46.3 Å². The van der Waals surface area contributed by atoms with Gasteiger partial charge in [0.25, 0.3) is 5.56 Å². The summed E-state index contributed by atoms with van der Waals surface area (Å²) in [5, 5.41) is 15.0. The largest absolute Gasteiger partial charge is 0.490 e. The maximum Gasteiger partial charge on any atom is 0.274 e. The zero-order chi connectivity index (χ0) is 25.4. The van der Waals surface area contributed by atoms with E-state index in [1.54, 1.807) is 31.7 Å². The van der Waals surface area contributed by atoms with Gasteiger partial charge in [0.2, 0.25) is 0 Å². The molecule has 0 spiro atoms. The van der Waals surface area contributed by atoms with Gasteiger partial charge in [0, 0.05) is 94.1 Å². The summed E-state index contributed by atoms with van der Waals surface area (Å²) in [5.74, 6) is 0.788. The van der Waals surface area contributed by atoms with Crippen LogP contribution < -0.4 is 15.6 Å². The number of piperazine rings is 1. The number of ether oxygens (including phenoxy) is 1. The highest BCUT2D eigenvalue weighted by Crippen LogP contribution is 2.39. The van der Waals surface area contributed by atoms with Gasteiger partial charge >= 0.3 is 0 Å². The number of pyridine rings is 1. The second kappa shape index (κ2) is 10.0. The second-order valence-electron chi connectivity index (χ2n) is 10.9. The van der Waals surface area contributed by atoms with Gasteiger partial charge in [-0.15, -0.1) is 0 Å². The van der Waals surface area contributed by atoms with Gasteiger partial charge in [0.1, 0.15) is 17.4 Å². The van der Waals surface area contributed by atoms with Crippen LogP contribution in [-0.2, 0) is 12.6 Å². The Bertz CT molecular complexity index is 1260. The van der Waals surface area contributed by atoms with Crippen LogP contribution in [0.2, 0.25) is 0 Å². The Morgan fingerprint density at radius 1 is 1.17 bits per heavy atom. The predicted octanol–water partition coefficient (Wildman–Crippen LogP) is 2.51. The van der Waals surface area contributed by atoms with Gasteiger partial charge in [-0.3, -0.25) is 9.69 Å². The monoisotopic (exact) mass is 493 g/mol. The van der Waals surface area contributed by atoms with E-state index in [2.05, 4.69) is 27.1 Å². The number of aliphatic hydroxyl groups is 1. The molecule has 8 nitrogen and oxygen atoms in total. The van der Waals surface area contributed by atoms with Gasteiger partial charge in [-0.1, -0.05) is 6.07 Å². The minimum atomic E-state index is -0.986. The standard InChI is InChI=1S/C28H39N5O3/c1-28(2,35)19-5-6-25(23(15-19)24-18-32(4)27(34)26-22(24)7-8-30-26)36-21-16-20(17-21)31(3)13-14-33-11-9-29-10-12-33/h5-8,15,18,20-21,29-30,35H,9-14,16-17H2,1-4H3. The van der Waals surface area contributed by atoms with Crippen LogP contribution in [0.5, 0.6) is 5.75 Å². The molecule has 3 N–H and O–H groups in total. The molecule has 194 valence electrons. The van der Waals surface area contributed by atoms with Gasteiger partial charge < -0.3 is 29.6 Å². The minimum absolute atomic E-state index is 0.0643. The zero-order valence-electron chi connectivity index (χ0n) is 21.9. The summed E-state index contributed by atoms with van der Waals surface area (Å²) in [7, 11) is 3.99. The third-order valence-corrected chi connectivity index (χ3v) is 7.84. The highest BCUT2D eigenvalue weighted by Gasteiger charge is 2.34. The Balaban J connectivity index is 1.34. The normalized spacial score (nSPS) is 21.2. The first kappa shape index (κ1) is 25.0. The van der Waals surface area contributed by atoms with Gasteiger partial charge in [0.05, 0.1) is 5.60 Å². The smallest absolute Gasteiger partial charge is 0.274 e. The molecule has 8 heteroatoms. The number of nitrogens with one attached hydrogen (secondary N) is 2. The second-order valence-corrected chi connectivity index (χ2v) is 10.9. The first-order valence-electron chi connectivity index (χ1n) is 13.0. The number of nitrogens with zero attached hydrogens (tertiary/aromatic N) is 3. The van der Waals surface area contributed by atoms with Crippen molar-refractivity contribution in [3.05, 3.63) is 52.6 Å². The zero-order valence-corrected chi connectivity index (χ0v) is 21.9. The average Bonchev–Trinajstić information content (AvgIpc) is 3.32. The van der Waals surface area contributed by atoms with Crippen LogP contribution in [0.15, 0.2) is 41.5 Å². The van der Waals surface area contributed by atoms with Gasteiger partial charge in [0.15, 0.2) is 0 Å². The SMILES string of the molecule is CN(CCN1CCNCC1)C1CC(Oc2ccc(C(C)(C)O)cc2-c2cn(C)c(=O)c3[nH]ccc23)C1. The topological polar surface area (TPSA) is 85.8 Å². The van der Waals surface area contributed by atoms with E-state index in [-0.39, 0.29) is 11.7 Å². The lowest BCUT2D eigenvalue weighted by atomic mass is 9.87. The minimum Gasteiger partial charge on any atom is -0.490 e. The van der Waals surface area contributed by atoms with E-state index in [0.29, 0.717) is 11.6 Å². The van der Waals surface area contributed by atoms with E-state index in [9.17, 15) is 9.90 Å². The van der Waals surface area contributed by atoms with E-state index in [1.807, 2.05) is 30.5 Å². The molecule has 0 bridgehead atoms. The molecule has 2 aliphatic rings. The van der Waals surface area contributed by atoms with Crippen LogP contribution in [0.25, 0.3) is 22.0 Å². The summed E-state index contributed by atoms with van der Waals surface area (Å²) in [5.41, 5.74) is 2.14. The number of aromatic nitrogens is 2. The van der Waals surface area contributed by atoms with Crippen molar-refractivity contribution in [2.45, 2.75) is 44.4 Å². The number of rotatable bonds is 8. The summed E-state index contributed by atoms with van der Waals surface area (Å²) in [6.45, 7) is 10.2. The molecule has 2 fully saturated rings. The van der Waals surface area contributed by atoms with Crippen molar-refractivity contribution < 1.29 is 9.84 Å². The maximum absolute atomic E-state index is 12.6. The lowest BCUT2D eigenvalue weighted by molar-refractivity contribution is 0.0252. The summed E-state index contributed by atoms with van der Waals surface area (Å²) in [6, 6.07) is 8.36. The van der Waals surface area contributed by atoms with E-state index < -0.39 is 5.60 Å². The number of likely N-dealkylation sites (N-methyl/N-ethyl adjacent to an activating group) is 1. The number of hydrogen-bond acceptors (Lipinski definition) is 6. The molecule has 0 unspecified atom stereocenters. The Labute approximate surface area is 212 Å². The van der Waals surface area contributed by atoms with Crippen molar-refractivity contribution >= 4 is 10.9 Å². The molecule has 1 aliphatic carbocycles. The molecule has 36 heavy (non-hydrogen) atoms. The first-order valence-corrected chi connectivity index (χ1v) is 13.0. The Kier molecular flexibility index (Phi) is 6.96. The molecule has 0 amide bonds. The van der Waals surface area contributed by atoms with Crippen LogP contribution in [-0.4, -0.2) is 82.9 Å². The lowest BCUT2D eigenvalue weighted by Crippen LogP contribution is -2.51. The van der Waals surface area contributed by atoms with Crippen molar-refractivity contribution in [1.29, 1.82) is 0 Å². The van der Waals surface area contributed by atoms with E-state index >= 15 is 0 Å². The number of hydrogen-bond donors (Lipinski definition) is 3. The predicted molar refractivity (Wildman–Crippen MR) is 144 cm³/mol. The highest BCUT2D eigenvalue weighted by atomic mass is 16.5. The number of benzene rings is 1. The van der Waals surface area contributed by atoms with Crippen LogP contribution in [0, 0.1) is 0 Å². The Morgan fingerprint density at radius 2 is 1.92 bits per heavy atom. The number of H-pyrrole nitrogens is 1. The van der Waals surface area contributed by atoms with E-state index in [4.69, 9.17) is 4.74 Å². The van der Waals surface area contributed by atoms with Crippen LogP contribution in [0.4, 0.5) is 0 Å². The summed E-state index contributed by atoms with van der Waals surface area (Å²) in [4.78, 5) is 20.7. The lowest BCUT2D eigenvalue weighted by Gasteiger charge is -2.42. The van der Waals surface area contributed by atoms with Gasteiger partial charge in [-0.05, 0) is 44.7 Å². The van der Waals surface area contributed by atoms with Crippen molar-refractivity contribution in [2.24, 2.45) is 7.05 Å². The van der Waals surface area contributed by atoms with Crippen LogP contribution in [0.1, 0.15) is 32.3 Å². The number of aromatic amines is 1. The van der Waals surface area contributed by atoms with Gasteiger partial charge in [-0.25, -0.2) is 0 Å². The molecule has 3 aromatic rings. The molecule has 1 saturated heterocycles. The molecule has 0 radical (unpaired) electrons. The third kappa shape index (κ3) is 5.09. The van der Waals surface area contributed by atoms with Crippen molar-refractivity contribution in [1.82, 2.24) is 24.7 Å². The molecule has 0 atom stereocenters. The highest BCUT2D eigenvalue weighted by molar-refractivity contribution is 5.96. The molecular weight excluding hydrogens is 454 g/mol. The fourth-order valence-electron chi connectivity index (χ4n) is 5.30. The van der Waals surface area contributed by atoms with Crippen molar-refractivity contribution in [3.8, 4) is 16.9 Å². The maximum atomic E-state index is 12.6. The third-order valence-electron chi connectivity index (χ3n) is 7.84. The Hall–Kier alpha value is -2.65. The molecule has 2 aromatic heterocycles. The average molecular weight is 494 g/mol.